The molecular weight excluding hydrogens is 188 g/mol. The Balaban J connectivity index is -0.000000213. The van der Waals surface area contributed by atoms with Crippen LogP contribution in [0.3, 0.4) is 0 Å². The Kier molecular flexibility index (Phi) is 14.0. The Morgan fingerprint density at radius 3 is 1.73 bits per heavy atom. The van der Waals surface area contributed by atoms with Crippen molar-refractivity contribution in [1.29, 1.82) is 0 Å². The molecule has 0 heterocycles. The van der Waals surface area contributed by atoms with E-state index in [1.54, 1.807) is 0 Å². The summed E-state index contributed by atoms with van der Waals surface area (Å²) in [4.78, 5) is 0. The predicted molar refractivity (Wildman–Crippen MR) is 43.2 cm³/mol. The average Bonchev–Trinajstić information content (AvgIpc) is 1.90. The van der Waals surface area contributed by atoms with E-state index in [4.69, 9.17) is 6.42 Å². The van der Waals surface area contributed by atoms with Crippen molar-refractivity contribution < 1.29 is 17.1 Å². The SMILES string of the molecule is [C-]#Cc1ccccc1.[Cu].[NH2-].[NH2-]. The van der Waals surface area contributed by atoms with Crippen molar-refractivity contribution in [2.45, 2.75) is 0 Å². The molecule has 0 aromatic heterocycles. The van der Waals surface area contributed by atoms with Gasteiger partial charge in [0.15, 0.2) is 0 Å². The first-order chi connectivity index (χ1) is 3.93. The van der Waals surface area contributed by atoms with Gasteiger partial charge in [-0.15, -0.1) is 17.7 Å². The maximum absolute atomic E-state index is 6.69. The van der Waals surface area contributed by atoms with Crippen LogP contribution in [0.2, 0.25) is 0 Å². The largest absolute Gasteiger partial charge is 0.693 e. The Morgan fingerprint density at radius 1 is 1.00 bits per heavy atom. The van der Waals surface area contributed by atoms with E-state index < -0.39 is 0 Å². The van der Waals surface area contributed by atoms with E-state index in [1.165, 1.54) is 0 Å². The van der Waals surface area contributed by atoms with Crippen LogP contribution in [0.25, 0.3) is 12.3 Å². The molecule has 4 N–H and O–H groups in total. The van der Waals surface area contributed by atoms with Gasteiger partial charge in [-0.25, -0.2) is 0 Å². The Morgan fingerprint density at radius 2 is 1.45 bits per heavy atom. The zero-order valence-electron chi connectivity index (χ0n) is 5.84. The molecule has 0 atom stereocenters. The van der Waals surface area contributed by atoms with Gasteiger partial charge in [-0.05, 0) is 0 Å². The van der Waals surface area contributed by atoms with Crippen molar-refractivity contribution in [3.05, 3.63) is 54.6 Å². The topological polar surface area (TPSA) is 67.0 Å². The minimum Gasteiger partial charge on any atom is -0.693 e. The monoisotopic (exact) mass is 196 g/mol. The zero-order chi connectivity index (χ0) is 5.82. The van der Waals surface area contributed by atoms with Crippen molar-refractivity contribution in [2.75, 3.05) is 0 Å². The van der Waals surface area contributed by atoms with Gasteiger partial charge in [0.1, 0.15) is 0 Å². The van der Waals surface area contributed by atoms with Gasteiger partial charge in [0.25, 0.3) is 0 Å². The molecular formula is C8H9CuN2-3. The summed E-state index contributed by atoms with van der Waals surface area (Å²) in [6, 6.07) is 9.37. The molecule has 0 spiro atoms. The van der Waals surface area contributed by atoms with E-state index in [0.717, 1.165) is 5.56 Å². The molecule has 0 amide bonds. The van der Waals surface area contributed by atoms with Gasteiger partial charge in [0.05, 0.1) is 0 Å². The number of hydrogen-bond acceptors (Lipinski definition) is 0. The smallest absolute Gasteiger partial charge is 0 e. The molecule has 0 bridgehead atoms. The van der Waals surface area contributed by atoms with E-state index in [9.17, 15) is 0 Å². The Bertz CT molecular complexity index is 203. The molecule has 2 nitrogen and oxygen atoms in total. The number of nitrogens with two attached hydrogens (primary N) is 2. The van der Waals surface area contributed by atoms with Crippen LogP contribution in [0.4, 0.5) is 0 Å². The molecule has 0 aliphatic rings. The summed E-state index contributed by atoms with van der Waals surface area (Å²) in [6.45, 7) is 0. The summed E-state index contributed by atoms with van der Waals surface area (Å²) in [7, 11) is 0. The van der Waals surface area contributed by atoms with Crippen LogP contribution in [0.15, 0.2) is 30.3 Å². The van der Waals surface area contributed by atoms with Crippen molar-refractivity contribution >= 4 is 0 Å². The molecule has 1 aromatic rings. The Hall–Kier alpha value is -0.781. The second-order valence-corrected chi connectivity index (χ2v) is 1.49. The number of rotatable bonds is 0. The van der Waals surface area contributed by atoms with Gasteiger partial charge in [-0.1, -0.05) is 18.2 Å². The van der Waals surface area contributed by atoms with Crippen LogP contribution < -0.4 is 0 Å². The van der Waals surface area contributed by atoms with E-state index in [0.29, 0.717) is 0 Å². The fourth-order valence-corrected chi connectivity index (χ4v) is 0.521. The molecule has 0 saturated heterocycles. The summed E-state index contributed by atoms with van der Waals surface area (Å²) in [5.74, 6) is 2.28. The third-order valence-corrected chi connectivity index (χ3v) is 0.918. The second kappa shape index (κ2) is 9.22. The minimum absolute atomic E-state index is 0. The molecule has 11 heavy (non-hydrogen) atoms. The Labute approximate surface area is 78.0 Å². The van der Waals surface area contributed by atoms with Gasteiger partial charge in [-0.3, -0.25) is 5.92 Å². The maximum atomic E-state index is 6.69. The van der Waals surface area contributed by atoms with Gasteiger partial charge in [0.2, 0.25) is 0 Å². The maximum Gasteiger partial charge on any atom is 0 e. The molecule has 3 heteroatoms. The van der Waals surface area contributed by atoms with Gasteiger partial charge in [-0.2, -0.15) is 0 Å². The first kappa shape index (κ1) is 16.7. The fraction of sp³-hybridized carbons (Fsp3) is 0. The predicted octanol–water partition coefficient (Wildman–Crippen LogP) is 3.06. The van der Waals surface area contributed by atoms with Crippen molar-refractivity contribution in [2.24, 2.45) is 0 Å². The minimum atomic E-state index is 0. The van der Waals surface area contributed by atoms with Crippen molar-refractivity contribution in [3.8, 4) is 5.92 Å². The van der Waals surface area contributed by atoms with E-state index in [2.05, 4.69) is 5.92 Å². The fourth-order valence-electron chi connectivity index (χ4n) is 0.521. The van der Waals surface area contributed by atoms with Crippen molar-refractivity contribution in [3.63, 3.8) is 0 Å². The molecule has 1 aromatic carbocycles. The first-order valence-corrected chi connectivity index (χ1v) is 2.41. The van der Waals surface area contributed by atoms with Crippen LogP contribution >= 0.6 is 0 Å². The summed E-state index contributed by atoms with van der Waals surface area (Å²) < 4.78 is 0. The third-order valence-electron chi connectivity index (χ3n) is 0.918. The van der Waals surface area contributed by atoms with Crippen LogP contribution in [-0.2, 0) is 17.1 Å². The molecule has 65 valence electrons. The van der Waals surface area contributed by atoms with Crippen molar-refractivity contribution in [1.82, 2.24) is 0 Å². The quantitative estimate of drug-likeness (QED) is 0.348. The summed E-state index contributed by atoms with van der Waals surface area (Å²) >= 11 is 0. The van der Waals surface area contributed by atoms with Crippen LogP contribution in [0.1, 0.15) is 5.56 Å². The van der Waals surface area contributed by atoms with Gasteiger partial charge < -0.3 is 18.7 Å². The average molecular weight is 197 g/mol. The molecule has 0 aliphatic heterocycles. The van der Waals surface area contributed by atoms with E-state index in [-0.39, 0.29) is 29.4 Å². The summed E-state index contributed by atoms with van der Waals surface area (Å²) in [5, 5.41) is 0. The van der Waals surface area contributed by atoms with Gasteiger partial charge in [0, 0.05) is 17.1 Å². The van der Waals surface area contributed by atoms with Crippen LogP contribution in [-0.4, -0.2) is 0 Å². The number of benzene rings is 1. The first-order valence-electron chi connectivity index (χ1n) is 2.41. The van der Waals surface area contributed by atoms with E-state index in [1.807, 2.05) is 30.3 Å². The third kappa shape index (κ3) is 5.65. The normalized spacial score (nSPS) is 5.73. The molecule has 0 saturated carbocycles. The van der Waals surface area contributed by atoms with Gasteiger partial charge >= 0.3 is 0 Å². The standard InChI is InChI=1S/C8H5.Cu.2H2N/c1-2-8-6-4-3-5-7-8;;;/h3-7H;;2*1H2/q-1;;2*-1. The van der Waals surface area contributed by atoms with Crippen LogP contribution in [0.5, 0.6) is 0 Å². The molecule has 1 radical (unpaired) electrons. The number of hydrogen-bond donors (Lipinski definition) is 0. The molecule has 1 rings (SSSR count). The summed E-state index contributed by atoms with van der Waals surface area (Å²) in [5.41, 5.74) is 0.826. The molecule has 0 aliphatic carbocycles. The van der Waals surface area contributed by atoms with Crippen LogP contribution in [0, 0.1) is 12.3 Å². The second-order valence-electron chi connectivity index (χ2n) is 1.49. The zero-order valence-corrected chi connectivity index (χ0v) is 6.78. The molecule has 0 fully saturated rings. The molecule has 0 unspecified atom stereocenters. The summed E-state index contributed by atoms with van der Waals surface area (Å²) in [6.07, 6.45) is 6.69. The van der Waals surface area contributed by atoms with E-state index >= 15 is 0 Å².